The number of morpholine rings is 3. The SMILES string of the molecule is CC(C)CCN1CCOCC1.CC1CN(C)CC(C)O1.CC1OC(C)C(C)N(C)C1C. The lowest BCUT2D eigenvalue weighted by atomic mass is 10.0. The molecule has 3 heterocycles. The summed E-state index contributed by atoms with van der Waals surface area (Å²) in [5.74, 6) is 0.831. The molecular weight excluding hydrogens is 390 g/mol. The highest BCUT2D eigenvalue weighted by Gasteiger charge is 2.32. The van der Waals surface area contributed by atoms with Crippen LogP contribution in [0.3, 0.4) is 0 Å². The predicted molar refractivity (Wildman–Crippen MR) is 131 cm³/mol. The second-order valence-electron chi connectivity index (χ2n) is 10.3. The molecule has 6 unspecified atom stereocenters. The zero-order valence-electron chi connectivity index (χ0n) is 22.3. The van der Waals surface area contributed by atoms with Gasteiger partial charge in [-0.3, -0.25) is 9.80 Å². The van der Waals surface area contributed by atoms with Crippen LogP contribution < -0.4 is 0 Å². The molecule has 3 saturated heterocycles. The maximum absolute atomic E-state index is 5.74. The molecule has 0 amide bonds. The van der Waals surface area contributed by atoms with Gasteiger partial charge in [0.15, 0.2) is 0 Å². The molecule has 31 heavy (non-hydrogen) atoms. The number of likely N-dealkylation sites (N-methyl/N-ethyl adjacent to an activating group) is 2. The second-order valence-corrected chi connectivity index (χ2v) is 10.3. The fourth-order valence-electron chi connectivity index (χ4n) is 4.30. The summed E-state index contributed by atoms with van der Waals surface area (Å²) in [7, 11) is 4.31. The molecule has 3 aliphatic rings. The van der Waals surface area contributed by atoms with Crippen LogP contribution in [0, 0.1) is 5.92 Å². The Balaban J connectivity index is 0.000000234. The normalized spacial score (nSPS) is 35.7. The molecule has 186 valence electrons. The van der Waals surface area contributed by atoms with E-state index in [1.165, 1.54) is 13.0 Å². The van der Waals surface area contributed by atoms with E-state index in [2.05, 4.69) is 84.2 Å². The Kier molecular flexibility index (Phi) is 13.8. The number of nitrogens with zero attached hydrogens (tertiary/aromatic N) is 3. The first-order chi connectivity index (χ1) is 14.5. The topological polar surface area (TPSA) is 37.4 Å². The molecule has 0 aliphatic carbocycles. The van der Waals surface area contributed by atoms with Crippen molar-refractivity contribution in [3.05, 3.63) is 0 Å². The highest BCUT2D eigenvalue weighted by atomic mass is 16.5. The maximum Gasteiger partial charge on any atom is 0.0703 e. The van der Waals surface area contributed by atoms with Crippen LogP contribution in [0.2, 0.25) is 0 Å². The molecule has 0 spiro atoms. The summed E-state index contributed by atoms with van der Waals surface area (Å²) in [5.41, 5.74) is 0. The van der Waals surface area contributed by atoms with Gasteiger partial charge < -0.3 is 19.1 Å². The van der Waals surface area contributed by atoms with Crippen LogP contribution in [-0.2, 0) is 14.2 Å². The zero-order chi connectivity index (χ0) is 23.6. The Bertz CT molecular complexity index is 420. The Morgan fingerprint density at radius 2 is 1.26 bits per heavy atom. The molecule has 3 aliphatic heterocycles. The van der Waals surface area contributed by atoms with E-state index < -0.39 is 0 Å². The first-order valence-corrected chi connectivity index (χ1v) is 12.5. The van der Waals surface area contributed by atoms with Gasteiger partial charge in [0.1, 0.15) is 0 Å². The fraction of sp³-hybridized carbons (Fsp3) is 1.00. The summed E-state index contributed by atoms with van der Waals surface area (Å²) >= 11 is 0. The highest BCUT2D eigenvalue weighted by molar-refractivity contribution is 4.84. The number of ether oxygens (including phenoxy) is 3. The Morgan fingerprint density at radius 1 is 0.774 bits per heavy atom. The van der Waals surface area contributed by atoms with Gasteiger partial charge in [0.2, 0.25) is 0 Å². The number of hydrogen-bond donors (Lipinski definition) is 0. The van der Waals surface area contributed by atoms with Crippen molar-refractivity contribution in [1.82, 2.24) is 14.7 Å². The first-order valence-electron chi connectivity index (χ1n) is 12.5. The van der Waals surface area contributed by atoms with Crippen LogP contribution in [0.5, 0.6) is 0 Å². The molecule has 6 nitrogen and oxygen atoms in total. The van der Waals surface area contributed by atoms with Gasteiger partial charge in [-0.15, -0.1) is 0 Å². The van der Waals surface area contributed by atoms with E-state index >= 15 is 0 Å². The Hall–Kier alpha value is -0.240. The molecule has 0 N–H and O–H groups in total. The van der Waals surface area contributed by atoms with Crippen LogP contribution in [0.1, 0.15) is 61.8 Å². The molecule has 6 heteroatoms. The van der Waals surface area contributed by atoms with Crippen molar-refractivity contribution in [1.29, 1.82) is 0 Å². The van der Waals surface area contributed by atoms with Gasteiger partial charge in [0.05, 0.1) is 37.6 Å². The summed E-state index contributed by atoms with van der Waals surface area (Å²) in [4.78, 5) is 7.18. The monoisotopic (exact) mass is 443 g/mol. The van der Waals surface area contributed by atoms with Gasteiger partial charge in [-0.25, -0.2) is 0 Å². The maximum atomic E-state index is 5.74. The summed E-state index contributed by atoms with van der Waals surface area (Å²) in [6.45, 7) is 25.0. The van der Waals surface area contributed by atoms with E-state index in [1.807, 2.05) is 0 Å². The standard InChI is InChI=1S/2C9H19NO.C7H15NO/c1-6-8(3)11-9(4)7(2)10(6)5;1-9(2)3-4-10-5-7-11-8-6-10;1-6-4-8(3)5-7(2)9-6/h6-9H,1-5H3;9H,3-8H2,1-2H3;6-7H,4-5H2,1-3H3. The summed E-state index contributed by atoms with van der Waals surface area (Å²) in [5, 5.41) is 0. The third-order valence-corrected chi connectivity index (χ3v) is 6.80. The van der Waals surface area contributed by atoms with Gasteiger partial charge in [0, 0.05) is 38.3 Å². The zero-order valence-corrected chi connectivity index (χ0v) is 22.3. The highest BCUT2D eigenvalue weighted by Crippen LogP contribution is 2.21. The smallest absolute Gasteiger partial charge is 0.0703 e. The molecule has 3 fully saturated rings. The molecule has 6 atom stereocenters. The molecule has 0 aromatic carbocycles. The average Bonchev–Trinajstić information content (AvgIpc) is 2.70. The van der Waals surface area contributed by atoms with Crippen molar-refractivity contribution in [2.24, 2.45) is 5.92 Å². The molecule has 0 aromatic rings. The van der Waals surface area contributed by atoms with Gasteiger partial charge >= 0.3 is 0 Å². The first kappa shape index (κ1) is 28.8. The van der Waals surface area contributed by atoms with E-state index in [1.54, 1.807) is 0 Å². The van der Waals surface area contributed by atoms with E-state index in [0.717, 1.165) is 45.3 Å². The number of hydrogen-bond acceptors (Lipinski definition) is 6. The number of rotatable bonds is 3. The van der Waals surface area contributed by atoms with Crippen LogP contribution in [0.4, 0.5) is 0 Å². The van der Waals surface area contributed by atoms with E-state index in [4.69, 9.17) is 14.2 Å². The van der Waals surface area contributed by atoms with Crippen molar-refractivity contribution in [2.45, 2.75) is 98.3 Å². The summed E-state index contributed by atoms with van der Waals surface area (Å²) in [6.07, 6.45) is 2.88. The molecule has 3 rings (SSSR count). The molecule has 0 aromatic heterocycles. The largest absolute Gasteiger partial charge is 0.379 e. The Labute approximate surface area is 193 Å². The lowest BCUT2D eigenvalue weighted by Gasteiger charge is -2.43. The minimum Gasteiger partial charge on any atom is -0.379 e. The second kappa shape index (κ2) is 14.8. The van der Waals surface area contributed by atoms with E-state index in [9.17, 15) is 0 Å². The molecule has 0 radical (unpaired) electrons. The van der Waals surface area contributed by atoms with Gasteiger partial charge in [-0.05, 0) is 74.5 Å². The van der Waals surface area contributed by atoms with Gasteiger partial charge in [-0.2, -0.15) is 0 Å². The molecule has 0 bridgehead atoms. The minimum absolute atomic E-state index is 0.367. The van der Waals surface area contributed by atoms with E-state index in [-0.39, 0.29) is 0 Å². The third-order valence-electron chi connectivity index (χ3n) is 6.80. The van der Waals surface area contributed by atoms with Gasteiger partial charge in [-0.1, -0.05) is 13.8 Å². The van der Waals surface area contributed by atoms with Crippen molar-refractivity contribution >= 4 is 0 Å². The minimum atomic E-state index is 0.367. The van der Waals surface area contributed by atoms with Crippen molar-refractivity contribution in [2.75, 3.05) is 60.0 Å². The van der Waals surface area contributed by atoms with Crippen molar-refractivity contribution in [3.63, 3.8) is 0 Å². The van der Waals surface area contributed by atoms with Crippen LogP contribution in [0.25, 0.3) is 0 Å². The van der Waals surface area contributed by atoms with Crippen molar-refractivity contribution in [3.8, 4) is 0 Å². The predicted octanol–water partition coefficient (Wildman–Crippen LogP) is 3.59. The van der Waals surface area contributed by atoms with Crippen molar-refractivity contribution < 1.29 is 14.2 Å². The molecular formula is C25H53N3O3. The van der Waals surface area contributed by atoms with Crippen LogP contribution in [0.15, 0.2) is 0 Å². The summed E-state index contributed by atoms with van der Waals surface area (Å²) in [6, 6.07) is 1.09. The van der Waals surface area contributed by atoms with E-state index in [0.29, 0.717) is 36.5 Å². The molecule has 0 saturated carbocycles. The average molecular weight is 444 g/mol. The fourth-order valence-corrected chi connectivity index (χ4v) is 4.30. The lowest BCUT2D eigenvalue weighted by molar-refractivity contribution is -0.120. The van der Waals surface area contributed by atoms with Crippen LogP contribution >= 0.6 is 0 Å². The Morgan fingerprint density at radius 3 is 1.68 bits per heavy atom. The third kappa shape index (κ3) is 11.4. The quantitative estimate of drug-likeness (QED) is 0.664. The van der Waals surface area contributed by atoms with Gasteiger partial charge in [0.25, 0.3) is 0 Å². The van der Waals surface area contributed by atoms with Crippen LogP contribution in [-0.4, -0.2) is 111 Å². The lowest BCUT2D eigenvalue weighted by Crippen LogP contribution is -2.55. The summed E-state index contributed by atoms with van der Waals surface area (Å²) < 4.78 is 16.5.